The van der Waals surface area contributed by atoms with Crippen LogP contribution in [0.25, 0.3) is 0 Å². The number of piperidine rings is 1. The van der Waals surface area contributed by atoms with Crippen molar-refractivity contribution in [2.24, 2.45) is 5.92 Å². The van der Waals surface area contributed by atoms with Gasteiger partial charge in [0, 0.05) is 37.1 Å². The first-order chi connectivity index (χ1) is 12.6. The molecule has 2 fully saturated rings. The van der Waals surface area contributed by atoms with Crippen LogP contribution in [0.3, 0.4) is 0 Å². The number of nitrogens with zero attached hydrogens (tertiary/aromatic N) is 2. The molecule has 0 radical (unpaired) electrons. The topological polar surface area (TPSA) is 49.9 Å². The molecular weight excluding hydrogens is 352 g/mol. The number of benzene rings is 1. The third-order valence-corrected chi connectivity index (χ3v) is 5.51. The van der Waals surface area contributed by atoms with Crippen molar-refractivity contribution in [3.8, 4) is 5.75 Å². The van der Waals surface area contributed by atoms with E-state index in [2.05, 4.69) is 0 Å². The highest BCUT2D eigenvalue weighted by Crippen LogP contribution is 2.22. The second-order valence-electron chi connectivity index (χ2n) is 7.14. The van der Waals surface area contributed by atoms with Gasteiger partial charge in [0.1, 0.15) is 5.75 Å². The number of amides is 2. The molecule has 26 heavy (non-hydrogen) atoms. The molecule has 0 aliphatic carbocycles. The number of halogens is 1. The summed E-state index contributed by atoms with van der Waals surface area (Å²) in [7, 11) is 0. The molecule has 142 valence electrons. The Morgan fingerprint density at radius 2 is 1.69 bits per heavy atom. The van der Waals surface area contributed by atoms with Gasteiger partial charge in [-0.1, -0.05) is 30.5 Å². The first-order valence-electron chi connectivity index (χ1n) is 9.58. The summed E-state index contributed by atoms with van der Waals surface area (Å²) in [5.74, 6) is 0.905. The highest BCUT2D eigenvalue weighted by molar-refractivity contribution is 6.30. The first kappa shape index (κ1) is 19.0. The lowest BCUT2D eigenvalue weighted by atomic mass is 9.95. The van der Waals surface area contributed by atoms with E-state index in [9.17, 15) is 9.59 Å². The van der Waals surface area contributed by atoms with Crippen LogP contribution < -0.4 is 4.74 Å². The van der Waals surface area contributed by atoms with Crippen molar-refractivity contribution in [2.75, 3.05) is 32.8 Å². The molecule has 0 saturated carbocycles. The average Bonchev–Trinajstić information content (AvgIpc) is 2.95. The van der Waals surface area contributed by atoms with Gasteiger partial charge < -0.3 is 14.5 Å². The smallest absolute Gasteiger partial charge is 0.260 e. The maximum absolute atomic E-state index is 12.7. The summed E-state index contributed by atoms with van der Waals surface area (Å²) >= 11 is 5.92. The van der Waals surface area contributed by atoms with E-state index in [0.29, 0.717) is 23.9 Å². The number of hydrogen-bond donors (Lipinski definition) is 0. The minimum absolute atomic E-state index is 0.00504. The molecule has 3 rings (SSSR count). The fourth-order valence-electron chi connectivity index (χ4n) is 3.72. The monoisotopic (exact) mass is 378 g/mol. The third kappa shape index (κ3) is 5.13. The Balaban J connectivity index is 1.43. The second kappa shape index (κ2) is 9.26. The fraction of sp³-hybridized carbons (Fsp3) is 0.600. The van der Waals surface area contributed by atoms with E-state index in [4.69, 9.17) is 16.3 Å². The molecule has 2 amide bonds. The van der Waals surface area contributed by atoms with E-state index in [1.165, 1.54) is 12.8 Å². The summed E-state index contributed by atoms with van der Waals surface area (Å²) < 4.78 is 5.53. The van der Waals surface area contributed by atoms with Gasteiger partial charge in [-0.15, -0.1) is 0 Å². The van der Waals surface area contributed by atoms with Crippen LogP contribution in [-0.2, 0) is 9.59 Å². The minimum Gasteiger partial charge on any atom is -0.484 e. The Morgan fingerprint density at radius 1 is 1.00 bits per heavy atom. The van der Waals surface area contributed by atoms with Gasteiger partial charge in [0.25, 0.3) is 5.91 Å². The summed E-state index contributed by atoms with van der Waals surface area (Å²) in [5, 5.41) is 0.586. The van der Waals surface area contributed by atoms with Gasteiger partial charge in [0.2, 0.25) is 5.91 Å². The lowest BCUT2D eigenvalue weighted by Gasteiger charge is -2.34. The molecule has 2 aliphatic heterocycles. The lowest BCUT2D eigenvalue weighted by molar-refractivity contribution is -0.141. The van der Waals surface area contributed by atoms with Crippen LogP contribution in [0.4, 0.5) is 0 Å². The Labute approximate surface area is 160 Å². The van der Waals surface area contributed by atoms with Crippen LogP contribution in [0.2, 0.25) is 5.02 Å². The van der Waals surface area contributed by atoms with Crippen LogP contribution >= 0.6 is 11.6 Å². The predicted molar refractivity (Wildman–Crippen MR) is 101 cm³/mol. The van der Waals surface area contributed by atoms with Crippen molar-refractivity contribution < 1.29 is 14.3 Å². The van der Waals surface area contributed by atoms with Crippen LogP contribution in [-0.4, -0.2) is 54.4 Å². The number of carbonyl (C=O) groups excluding carboxylic acids is 2. The SMILES string of the molecule is O=C(COc1cccc(Cl)c1)N1CCC(C(=O)N2CCCCCC2)CC1. The first-order valence-corrected chi connectivity index (χ1v) is 9.96. The normalized spacial score (nSPS) is 19.1. The number of carbonyl (C=O) groups is 2. The maximum atomic E-state index is 12.7. The van der Waals surface area contributed by atoms with Crippen LogP contribution in [0.5, 0.6) is 5.75 Å². The highest BCUT2D eigenvalue weighted by Gasteiger charge is 2.30. The maximum Gasteiger partial charge on any atom is 0.260 e. The van der Waals surface area contributed by atoms with Crippen LogP contribution in [0.15, 0.2) is 24.3 Å². The summed E-state index contributed by atoms with van der Waals surface area (Å²) in [6.07, 6.45) is 6.18. The molecule has 2 aliphatic rings. The third-order valence-electron chi connectivity index (χ3n) is 5.27. The predicted octanol–water partition coefficient (Wildman–Crippen LogP) is 3.36. The molecule has 0 bridgehead atoms. The van der Waals surface area contributed by atoms with Gasteiger partial charge in [-0.25, -0.2) is 0 Å². The van der Waals surface area contributed by atoms with Crippen molar-refractivity contribution in [1.29, 1.82) is 0 Å². The van der Waals surface area contributed by atoms with E-state index in [0.717, 1.165) is 38.8 Å². The number of hydrogen-bond acceptors (Lipinski definition) is 3. The summed E-state index contributed by atoms with van der Waals surface area (Å²) in [5.41, 5.74) is 0. The second-order valence-corrected chi connectivity index (χ2v) is 7.58. The van der Waals surface area contributed by atoms with Gasteiger partial charge >= 0.3 is 0 Å². The van der Waals surface area contributed by atoms with Gasteiger partial charge in [-0.3, -0.25) is 9.59 Å². The molecule has 6 heteroatoms. The van der Waals surface area contributed by atoms with E-state index < -0.39 is 0 Å². The van der Waals surface area contributed by atoms with Gasteiger partial charge in [-0.2, -0.15) is 0 Å². The van der Waals surface area contributed by atoms with E-state index in [-0.39, 0.29) is 24.3 Å². The zero-order chi connectivity index (χ0) is 18.4. The molecule has 0 N–H and O–H groups in total. The molecule has 1 aromatic rings. The Morgan fingerprint density at radius 3 is 2.35 bits per heavy atom. The van der Waals surface area contributed by atoms with E-state index in [1.54, 1.807) is 29.2 Å². The standard InChI is InChI=1S/C20H27ClN2O3/c21-17-6-5-7-18(14-17)26-15-19(24)22-12-8-16(9-13-22)20(25)23-10-3-1-2-4-11-23/h5-7,14,16H,1-4,8-13,15H2. The van der Waals surface area contributed by atoms with Crippen molar-refractivity contribution in [3.63, 3.8) is 0 Å². The molecule has 0 aromatic heterocycles. The summed E-state index contributed by atoms with van der Waals surface area (Å²) in [6, 6.07) is 7.04. The molecule has 2 heterocycles. The molecule has 2 saturated heterocycles. The van der Waals surface area contributed by atoms with E-state index in [1.807, 2.05) is 4.90 Å². The number of likely N-dealkylation sites (tertiary alicyclic amines) is 2. The molecular formula is C20H27ClN2O3. The molecule has 0 spiro atoms. The van der Waals surface area contributed by atoms with Crippen molar-refractivity contribution >= 4 is 23.4 Å². The largest absolute Gasteiger partial charge is 0.484 e. The molecule has 5 nitrogen and oxygen atoms in total. The van der Waals surface area contributed by atoms with Crippen molar-refractivity contribution in [1.82, 2.24) is 9.80 Å². The van der Waals surface area contributed by atoms with E-state index >= 15 is 0 Å². The van der Waals surface area contributed by atoms with Crippen molar-refractivity contribution in [3.05, 3.63) is 29.3 Å². The molecule has 0 unspecified atom stereocenters. The van der Waals surface area contributed by atoms with Gasteiger partial charge in [-0.05, 0) is 43.9 Å². The van der Waals surface area contributed by atoms with Crippen LogP contribution in [0.1, 0.15) is 38.5 Å². The number of rotatable bonds is 4. The Hall–Kier alpha value is -1.75. The van der Waals surface area contributed by atoms with Crippen LogP contribution in [0, 0.1) is 5.92 Å². The fourth-order valence-corrected chi connectivity index (χ4v) is 3.90. The summed E-state index contributed by atoms with van der Waals surface area (Å²) in [6.45, 7) is 3.05. The van der Waals surface area contributed by atoms with Crippen molar-refractivity contribution in [2.45, 2.75) is 38.5 Å². The number of ether oxygens (including phenoxy) is 1. The van der Waals surface area contributed by atoms with Gasteiger partial charge in [0.15, 0.2) is 6.61 Å². The Kier molecular flexibility index (Phi) is 6.78. The minimum atomic E-state index is -0.0364. The Bertz CT molecular complexity index is 621. The van der Waals surface area contributed by atoms with Gasteiger partial charge in [0.05, 0.1) is 0 Å². The summed E-state index contributed by atoms with van der Waals surface area (Å²) in [4.78, 5) is 28.9. The highest BCUT2D eigenvalue weighted by atomic mass is 35.5. The molecule has 1 aromatic carbocycles. The zero-order valence-electron chi connectivity index (χ0n) is 15.2. The lowest BCUT2D eigenvalue weighted by Crippen LogP contribution is -2.45. The zero-order valence-corrected chi connectivity index (χ0v) is 15.9. The molecule has 0 atom stereocenters. The average molecular weight is 379 g/mol. The quantitative estimate of drug-likeness (QED) is 0.807.